The van der Waals surface area contributed by atoms with E-state index in [1.165, 1.54) is 44.5 Å². The number of hydrogen-bond donors (Lipinski definition) is 0. The molecule has 0 bridgehead atoms. The fraction of sp³-hybridized carbons (Fsp3) is 0.478. The van der Waals surface area contributed by atoms with E-state index >= 15 is 0 Å². The maximum absolute atomic E-state index is 6.60. The summed E-state index contributed by atoms with van der Waals surface area (Å²) in [6.45, 7) is 1.20. The van der Waals surface area contributed by atoms with Crippen LogP contribution in [0.3, 0.4) is 0 Å². The fourth-order valence-electron chi connectivity index (χ4n) is 4.81. The van der Waals surface area contributed by atoms with Crippen molar-refractivity contribution in [2.75, 3.05) is 27.0 Å². The number of thioether (sulfide) groups is 1. The number of benzene rings is 1. The van der Waals surface area contributed by atoms with Crippen LogP contribution in [0.15, 0.2) is 35.6 Å². The lowest BCUT2D eigenvalue weighted by Gasteiger charge is -2.39. The summed E-state index contributed by atoms with van der Waals surface area (Å²) in [5, 5.41) is 1.72. The van der Waals surface area contributed by atoms with Crippen LogP contribution in [0.5, 0.6) is 5.75 Å². The van der Waals surface area contributed by atoms with Gasteiger partial charge in [0, 0.05) is 36.7 Å². The predicted molar refractivity (Wildman–Crippen MR) is 125 cm³/mol. The average Bonchev–Trinajstić information content (AvgIpc) is 3.51. The molecule has 0 spiro atoms. The van der Waals surface area contributed by atoms with Crippen LogP contribution in [-0.4, -0.2) is 47.4 Å². The molecule has 0 amide bonds. The molecule has 7 heteroatoms. The molecule has 0 N–H and O–H groups in total. The lowest BCUT2D eigenvalue weighted by molar-refractivity contribution is 0.193. The van der Waals surface area contributed by atoms with Gasteiger partial charge in [0.05, 0.1) is 31.8 Å². The zero-order valence-corrected chi connectivity index (χ0v) is 19.3. The Kier molecular flexibility index (Phi) is 5.20. The Morgan fingerprint density at radius 2 is 2.07 bits per heavy atom. The van der Waals surface area contributed by atoms with Crippen LogP contribution >= 0.6 is 23.4 Å². The van der Waals surface area contributed by atoms with E-state index in [9.17, 15) is 0 Å². The number of nitrogens with zero attached hydrogens (tertiary/aromatic N) is 4. The van der Waals surface area contributed by atoms with Gasteiger partial charge >= 0.3 is 0 Å². The lowest BCUT2D eigenvalue weighted by Crippen LogP contribution is -2.52. The third-order valence-electron chi connectivity index (χ3n) is 6.81. The van der Waals surface area contributed by atoms with Crippen molar-refractivity contribution in [1.29, 1.82) is 0 Å². The van der Waals surface area contributed by atoms with Crippen molar-refractivity contribution >= 4 is 34.8 Å². The molecule has 5 nitrogen and oxygen atoms in total. The molecule has 3 aromatic rings. The molecule has 0 radical (unpaired) electrons. The van der Waals surface area contributed by atoms with E-state index in [1.807, 2.05) is 24.4 Å². The van der Waals surface area contributed by atoms with E-state index in [1.54, 1.807) is 18.9 Å². The molecule has 2 aliphatic carbocycles. The third kappa shape index (κ3) is 3.29. The summed E-state index contributed by atoms with van der Waals surface area (Å²) in [5.74, 6) is 2.87. The first-order valence-electron chi connectivity index (χ1n) is 10.7. The number of imidazole rings is 1. The second-order valence-electron chi connectivity index (χ2n) is 8.74. The number of fused-ring (bicyclic) bond motifs is 1. The molecule has 158 valence electrons. The summed E-state index contributed by atoms with van der Waals surface area (Å²) in [4.78, 5) is 9.76. The minimum atomic E-state index is 0.624. The van der Waals surface area contributed by atoms with Crippen molar-refractivity contribution in [2.45, 2.75) is 43.2 Å². The van der Waals surface area contributed by atoms with Gasteiger partial charge in [-0.1, -0.05) is 18.0 Å². The summed E-state index contributed by atoms with van der Waals surface area (Å²) < 4.78 is 8.56. The first-order valence-corrected chi connectivity index (χ1v) is 12.3. The molecular weight excluding hydrogens is 416 g/mol. The number of quaternary nitrogens is 1. The standard InChI is InChI=1S/C23H28ClN4OS/c1-28(16-7-8-16,14-15-5-4-6-15)23-22(30-3)26-21-20(25-11-12-27(21)23)18-10-9-17(29-2)13-19(18)24/h9-13,15-16H,4-8,14H2,1-3H3/q+1. The van der Waals surface area contributed by atoms with Crippen molar-refractivity contribution in [3.63, 3.8) is 0 Å². The van der Waals surface area contributed by atoms with Gasteiger partial charge in [-0.2, -0.15) is 0 Å². The molecule has 5 rings (SSSR count). The Balaban J connectivity index is 1.68. The van der Waals surface area contributed by atoms with Crippen molar-refractivity contribution in [2.24, 2.45) is 5.92 Å². The summed E-state index contributed by atoms with van der Waals surface area (Å²) in [7, 11) is 4.06. The Bertz CT molecular complexity index is 1090. The third-order valence-corrected chi connectivity index (χ3v) is 7.78. The van der Waals surface area contributed by atoms with Crippen LogP contribution in [0.25, 0.3) is 16.9 Å². The first-order chi connectivity index (χ1) is 14.5. The Morgan fingerprint density at radius 1 is 1.27 bits per heavy atom. The average molecular weight is 444 g/mol. The highest BCUT2D eigenvalue weighted by Gasteiger charge is 2.48. The summed E-state index contributed by atoms with van der Waals surface area (Å²) >= 11 is 8.33. The summed E-state index contributed by atoms with van der Waals surface area (Å²) in [5.41, 5.74) is 2.58. The van der Waals surface area contributed by atoms with E-state index in [4.69, 9.17) is 21.3 Å². The minimum absolute atomic E-state index is 0.624. The highest BCUT2D eigenvalue weighted by Crippen LogP contribution is 2.45. The lowest BCUT2D eigenvalue weighted by atomic mass is 9.84. The molecule has 0 saturated heterocycles. The van der Waals surface area contributed by atoms with E-state index in [2.05, 4.69) is 28.9 Å². The van der Waals surface area contributed by atoms with Crippen LogP contribution in [0.2, 0.25) is 5.02 Å². The van der Waals surface area contributed by atoms with Gasteiger partial charge in [0.15, 0.2) is 10.7 Å². The van der Waals surface area contributed by atoms with E-state index in [0.717, 1.165) is 38.1 Å². The number of methoxy groups -OCH3 is 1. The second kappa shape index (κ2) is 7.74. The molecule has 1 atom stereocenters. The van der Waals surface area contributed by atoms with Crippen LogP contribution < -0.4 is 9.22 Å². The molecule has 2 heterocycles. The maximum atomic E-state index is 6.60. The molecule has 2 saturated carbocycles. The van der Waals surface area contributed by atoms with E-state index in [0.29, 0.717) is 11.1 Å². The molecule has 0 aliphatic heterocycles. The highest BCUT2D eigenvalue weighted by atomic mass is 35.5. The molecule has 2 fully saturated rings. The normalized spacial score (nSPS) is 18.9. The van der Waals surface area contributed by atoms with Crippen LogP contribution in [-0.2, 0) is 0 Å². The first kappa shape index (κ1) is 20.2. The smallest absolute Gasteiger partial charge is 0.247 e. The van der Waals surface area contributed by atoms with Crippen molar-refractivity contribution < 1.29 is 4.74 Å². The van der Waals surface area contributed by atoms with Gasteiger partial charge in [-0.25, -0.2) is 4.98 Å². The van der Waals surface area contributed by atoms with Gasteiger partial charge in [0.25, 0.3) is 0 Å². The van der Waals surface area contributed by atoms with E-state index < -0.39 is 0 Å². The number of rotatable bonds is 7. The minimum Gasteiger partial charge on any atom is -0.497 e. The summed E-state index contributed by atoms with van der Waals surface area (Å²) in [6.07, 6.45) is 12.8. The summed E-state index contributed by atoms with van der Waals surface area (Å²) in [6, 6.07) is 6.42. The van der Waals surface area contributed by atoms with Crippen LogP contribution in [0, 0.1) is 5.92 Å². The molecule has 1 aromatic carbocycles. The number of hydrogen-bond acceptors (Lipinski definition) is 4. The zero-order valence-electron chi connectivity index (χ0n) is 17.8. The van der Waals surface area contributed by atoms with Gasteiger partial charge in [-0.3, -0.25) is 13.9 Å². The zero-order chi connectivity index (χ0) is 20.9. The molecule has 30 heavy (non-hydrogen) atoms. The van der Waals surface area contributed by atoms with Gasteiger partial charge in [-0.05, 0) is 37.3 Å². The Labute approximate surface area is 187 Å². The van der Waals surface area contributed by atoms with Gasteiger partial charge in [0.1, 0.15) is 11.4 Å². The quantitative estimate of drug-likeness (QED) is 0.348. The van der Waals surface area contributed by atoms with Crippen molar-refractivity contribution in [3.8, 4) is 17.0 Å². The van der Waals surface area contributed by atoms with E-state index in [-0.39, 0.29) is 0 Å². The van der Waals surface area contributed by atoms with Crippen molar-refractivity contribution in [1.82, 2.24) is 18.9 Å². The number of ether oxygens (including phenoxy) is 1. The monoisotopic (exact) mass is 443 g/mol. The molecule has 2 aliphatic rings. The van der Waals surface area contributed by atoms with Gasteiger partial charge in [0.2, 0.25) is 5.82 Å². The number of aromatic nitrogens is 3. The SMILES string of the molecule is COc1ccc(-c2nccn3c([N+](C)(CC4CCC4)C4CC4)c(SC)nc23)c(Cl)c1. The Morgan fingerprint density at radius 3 is 2.67 bits per heavy atom. The van der Waals surface area contributed by atoms with Crippen LogP contribution in [0.1, 0.15) is 32.1 Å². The molecular formula is C23H28ClN4OS+. The van der Waals surface area contributed by atoms with Gasteiger partial charge < -0.3 is 4.74 Å². The second-order valence-corrected chi connectivity index (χ2v) is 9.94. The molecule has 1 unspecified atom stereocenters. The fourth-order valence-corrected chi connectivity index (χ4v) is 5.74. The van der Waals surface area contributed by atoms with Crippen molar-refractivity contribution in [3.05, 3.63) is 35.6 Å². The predicted octanol–water partition coefficient (Wildman–Crippen LogP) is 5.68. The highest BCUT2D eigenvalue weighted by molar-refractivity contribution is 7.98. The van der Waals surface area contributed by atoms with Crippen LogP contribution in [0.4, 0.5) is 5.82 Å². The molecule has 2 aromatic heterocycles. The largest absolute Gasteiger partial charge is 0.497 e. The maximum Gasteiger partial charge on any atom is 0.247 e. The van der Waals surface area contributed by atoms with Gasteiger partial charge in [-0.15, -0.1) is 11.8 Å². The number of halogens is 1. The topological polar surface area (TPSA) is 39.4 Å². The Hall–Kier alpha value is -1.76.